The minimum absolute atomic E-state index is 0.0378. The Bertz CT molecular complexity index is 1940. The van der Waals surface area contributed by atoms with Crippen LogP contribution in [0.2, 0.25) is 0 Å². The van der Waals surface area contributed by atoms with E-state index in [-0.39, 0.29) is 18.2 Å². The van der Waals surface area contributed by atoms with E-state index in [9.17, 15) is 41.0 Å². The summed E-state index contributed by atoms with van der Waals surface area (Å²) in [5.74, 6) is -0.514. The van der Waals surface area contributed by atoms with Gasteiger partial charge in [-0.15, -0.1) is 0 Å². The molecule has 2 atom stereocenters. The zero-order chi connectivity index (χ0) is 35.4. The largest absolute Gasteiger partial charge is 0.496 e. The topological polar surface area (TPSA) is 76.1 Å². The van der Waals surface area contributed by atoms with Gasteiger partial charge in [0, 0.05) is 5.56 Å². The molecule has 1 saturated heterocycles. The Morgan fingerprint density at radius 1 is 0.878 bits per heavy atom. The number of ether oxygens (including phenoxy) is 2. The Balaban J connectivity index is 1.41. The number of methoxy groups -OCH3 is 1. The first kappa shape index (κ1) is 33.9. The van der Waals surface area contributed by atoms with Gasteiger partial charge in [0.15, 0.2) is 0 Å². The summed E-state index contributed by atoms with van der Waals surface area (Å²) in [4.78, 5) is 26.1. The van der Waals surface area contributed by atoms with Crippen LogP contribution in [0.15, 0.2) is 66.7 Å². The van der Waals surface area contributed by atoms with Crippen molar-refractivity contribution < 1.29 is 50.5 Å². The SMILES string of the molecule is COc1ccc(-c2ccc(C(=O)O)cc2C)cc1-c1cc2c(cc1CN1C(=O)O[C@H](c3cc(C(F)(F)F)cc(C(F)(F)F)c3)[C@@H]1C)CCC2. The van der Waals surface area contributed by atoms with Gasteiger partial charge in [-0.3, -0.25) is 4.90 Å². The van der Waals surface area contributed by atoms with Crippen LogP contribution in [0.1, 0.15) is 68.8 Å². The molecule has 4 aromatic rings. The second-order valence-corrected chi connectivity index (χ2v) is 12.4. The number of benzene rings is 4. The summed E-state index contributed by atoms with van der Waals surface area (Å²) in [6.07, 6.45) is -9.79. The molecule has 6 nitrogen and oxygen atoms in total. The molecule has 1 fully saturated rings. The summed E-state index contributed by atoms with van der Waals surface area (Å²) in [5.41, 5.74) is 3.43. The van der Waals surface area contributed by atoms with Crippen LogP contribution >= 0.6 is 0 Å². The molecule has 12 heteroatoms. The first-order chi connectivity index (χ1) is 23.0. The molecule has 1 amide bonds. The molecule has 0 saturated carbocycles. The third-order valence-electron chi connectivity index (χ3n) is 9.26. The number of hydrogen-bond donors (Lipinski definition) is 1. The summed E-state index contributed by atoms with van der Waals surface area (Å²) < 4.78 is 93.0. The number of hydrogen-bond acceptors (Lipinski definition) is 4. The van der Waals surface area contributed by atoms with Crippen LogP contribution in [-0.2, 0) is 36.5 Å². The molecule has 0 unspecified atom stereocenters. The van der Waals surface area contributed by atoms with E-state index >= 15 is 0 Å². The van der Waals surface area contributed by atoms with Crippen molar-refractivity contribution in [2.24, 2.45) is 0 Å². The summed E-state index contributed by atoms with van der Waals surface area (Å²) in [6.45, 7) is 3.30. The van der Waals surface area contributed by atoms with Gasteiger partial charge in [-0.2, -0.15) is 26.3 Å². The highest BCUT2D eigenvalue weighted by Crippen LogP contribution is 2.43. The highest BCUT2D eigenvalue weighted by atomic mass is 19.4. The predicted molar refractivity (Wildman–Crippen MR) is 168 cm³/mol. The Labute approximate surface area is 277 Å². The minimum Gasteiger partial charge on any atom is -0.496 e. The maximum Gasteiger partial charge on any atom is 0.416 e. The van der Waals surface area contributed by atoms with Gasteiger partial charge in [-0.05, 0) is 120 Å². The highest BCUT2D eigenvalue weighted by Gasteiger charge is 2.43. The number of carbonyl (C=O) groups is 2. The van der Waals surface area contributed by atoms with E-state index in [0.29, 0.717) is 29.0 Å². The fourth-order valence-corrected chi connectivity index (χ4v) is 6.75. The molecular weight excluding hydrogens is 652 g/mol. The van der Waals surface area contributed by atoms with Gasteiger partial charge in [0.25, 0.3) is 0 Å². The number of carbonyl (C=O) groups excluding carboxylic acids is 1. The lowest BCUT2D eigenvalue weighted by Gasteiger charge is -2.24. The lowest BCUT2D eigenvalue weighted by molar-refractivity contribution is -0.143. The second-order valence-electron chi connectivity index (χ2n) is 12.4. The van der Waals surface area contributed by atoms with E-state index in [0.717, 1.165) is 52.6 Å². The molecular formula is C37H31F6NO5. The molecule has 1 aliphatic carbocycles. The van der Waals surface area contributed by atoms with Crippen molar-refractivity contribution in [1.29, 1.82) is 0 Å². The number of rotatable bonds is 7. The van der Waals surface area contributed by atoms with Crippen LogP contribution < -0.4 is 4.74 Å². The van der Waals surface area contributed by atoms with Crippen molar-refractivity contribution in [3.8, 4) is 28.0 Å². The van der Waals surface area contributed by atoms with Crippen molar-refractivity contribution in [3.63, 3.8) is 0 Å². The van der Waals surface area contributed by atoms with Gasteiger partial charge in [-0.25, -0.2) is 9.59 Å². The molecule has 0 radical (unpaired) electrons. The Kier molecular flexibility index (Phi) is 8.62. The number of fused-ring (bicyclic) bond motifs is 1. The molecule has 256 valence electrons. The molecule has 6 rings (SSSR count). The fraction of sp³-hybridized carbons (Fsp3) is 0.297. The van der Waals surface area contributed by atoms with Crippen LogP contribution in [0.3, 0.4) is 0 Å². The number of halogens is 6. The smallest absolute Gasteiger partial charge is 0.416 e. The van der Waals surface area contributed by atoms with E-state index in [1.807, 2.05) is 31.2 Å². The molecule has 4 aromatic carbocycles. The van der Waals surface area contributed by atoms with Crippen molar-refractivity contribution >= 4 is 12.1 Å². The number of carboxylic acid groups (broad SMARTS) is 1. The molecule has 49 heavy (non-hydrogen) atoms. The number of cyclic esters (lactones) is 1. The van der Waals surface area contributed by atoms with Gasteiger partial charge >= 0.3 is 24.4 Å². The van der Waals surface area contributed by atoms with Gasteiger partial charge in [-0.1, -0.05) is 24.3 Å². The quantitative estimate of drug-likeness (QED) is 0.196. The number of carboxylic acids is 1. The lowest BCUT2D eigenvalue weighted by Crippen LogP contribution is -2.31. The molecule has 1 aliphatic heterocycles. The third kappa shape index (κ3) is 6.56. The third-order valence-corrected chi connectivity index (χ3v) is 9.26. The average molecular weight is 684 g/mol. The molecule has 1 heterocycles. The van der Waals surface area contributed by atoms with Gasteiger partial charge in [0.05, 0.1) is 36.4 Å². The van der Waals surface area contributed by atoms with Crippen molar-refractivity contribution in [1.82, 2.24) is 4.90 Å². The molecule has 0 spiro atoms. The van der Waals surface area contributed by atoms with E-state index < -0.39 is 53.3 Å². The molecule has 0 bridgehead atoms. The zero-order valence-corrected chi connectivity index (χ0v) is 26.6. The maximum absolute atomic E-state index is 13.6. The standard InChI is InChI=1S/C37H31F6NO5/c1-19-11-24(34(45)46)7-9-29(19)23-8-10-32(48-3)31(16-23)30-15-22-6-4-5-21(22)12-26(30)18-44-20(2)33(49-35(44)47)25-13-27(36(38,39)40)17-28(14-25)37(41,42)43/h7-17,20,33H,4-6,18H2,1-3H3,(H,45,46)/t20-,33-/m0/s1. The van der Waals surface area contributed by atoms with Crippen LogP contribution in [-0.4, -0.2) is 35.2 Å². The molecule has 2 aliphatic rings. The number of nitrogens with zero attached hydrogens (tertiary/aromatic N) is 1. The van der Waals surface area contributed by atoms with E-state index in [4.69, 9.17) is 9.47 Å². The van der Waals surface area contributed by atoms with Crippen LogP contribution in [0.5, 0.6) is 5.75 Å². The van der Waals surface area contributed by atoms with E-state index in [1.54, 1.807) is 18.2 Å². The zero-order valence-electron chi connectivity index (χ0n) is 26.6. The monoisotopic (exact) mass is 683 g/mol. The van der Waals surface area contributed by atoms with Gasteiger partial charge < -0.3 is 14.6 Å². The van der Waals surface area contributed by atoms with Gasteiger partial charge in [0.2, 0.25) is 0 Å². The summed E-state index contributed by atoms with van der Waals surface area (Å²) in [6, 6.07) is 14.7. The lowest BCUT2D eigenvalue weighted by atomic mass is 9.90. The second kappa shape index (κ2) is 12.5. The molecule has 1 N–H and O–H groups in total. The van der Waals surface area contributed by atoms with Crippen molar-refractivity contribution in [2.45, 2.75) is 64.2 Å². The van der Waals surface area contributed by atoms with E-state index in [2.05, 4.69) is 0 Å². The number of aromatic carboxylic acids is 1. The average Bonchev–Trinajstić information content (AvgIpc) is 3.62. The Hall–Kier alpha value is -5.00. The van der Waals surface area contributed by atoms with Crippen molar-refractivity contribution in [3.05, 3.63) is 111 Å². The number of alkyl halides is 6. The van der Waals surface area contributed by atoms with Crippen LogP contribution in [0.4, 0.5) is 31.1 Å². The Morgan fingerprint density at radius 2 is 1.53 bits per heavy atom. The number of amides is 1. The first-order valence-corrected chi connectivity index (χ1v) is 15.5. The fourth-order valence-electron chi connectivity index (χ4n) is 6.75. The normalized spacial score (nSPS) is 17.7. The van der Waals surface area contributed by atoms with Crippen molar-refractivity contribution in [2.75, 3.05) is 7.11 Å². The summed E-state index contributed by atoms with van der Waals surface area (Å²) >= 11 is 0. The summed E-state index contributed by atoms with van der Waals surface area (Å²) in [7, 11) is 1.52. The maximum atomic E-state index is 13.6. The van der Waals surface area contributed by atoms with Crippen LogP contribution in [0.25, 0.3) is 22.3 Å². The van der Waals surface area contributed by atoms with Crippen LogP contribution in [0, 0.1) is 6.92 Å². The Morgan fingerprint density at radius 3 is 2.12 bits per heavy atom. The number of aryl methyl sites for hydroxylation is 3. The van der Waals surface area contributed by atoms with Gasteiger partial charge in [0.1, 0.15) is 11.9 Å². The highest BCUT2D eigenvalue weighted by molar-refractivity contribution is 5.89. The summed E-state index contributed by atoms with van der Waals surface area (Å²) in [5, 5.41) is 9.42. The predicted octanol–water partition coefficient (Wildman–Crippen LogP) is 9.64. The first-order valence-electron chi connectivity index (χ1n) is 15.5. The minimum atomic E-state index is -5.05. The van der Waals surface area contributed by atoms with E-state index in [1.165, 1.54) is 25.0 Å². The molecule has 0 aromatic heterocycles.